The van der Waals surface area contributed by atoms with Gasteiger partial charge in [-0.15, -0.1) is 0 Å². The van der Waals surface area contributed by atoms with Crippen molar-refractivity contribution in [2.45, 2.75) is 56.7 Å². The number of hydrogen-bond donors (Lipinski definition) is 2. The monoisotopic (exact) mass is 314 g/mol. The number of amides is 1. The highest BCUT2D eigenvalue weighted by Gasteiger charge is 2.48. The molecule has 0 radical (unpaired) electrons. The molecule has 1 aliphatic carbocycles. The summed E-state index contributed by atoms with van der Waals surface area (Å²) in [5, 5.41) is 13.6. The molecule has 0 spiro atoms. The van der Waals surface area contributed by atoms with E-state index in [2.05, 4.69) is 22.3 Å². The van der Waals surface area contributed by atoms with Gasteiger partial charge >= 0.3 is 0 Å². The summed E-state index contributed by atoms with van der Waals surface area (Å²) < 4.78 is 0. The number of likely N-dealkylation sites (tertiary alicyclic amines) is 1. The van der Waals surface area contributed by atoms with Crippen molar-refractivity contribution < 1.29 is 9.90 Å². The molecule has 0 bridgehead atoms. The quantitative estimate of drug-likeness (QED) is 0.897. The maximum Gasteiger partial charge on any atom is 0.240 e. The highest BCUT2D eigenvalue weighted by atomic mass is 16.3. The number of benzene rings is 1. The number of nitrogens with zero attached hydrogens (tertiary/aromatic N) is 1. The van der Waals surface area contributed by atoms with Crippen LogP contribution in [-0.4, -0.2) is 41.1 Å². The minimum atomic E-state index is -0.807. The average molecular weight is 314 g/mol. The molecule has 23 heavy (non-hydrogen) atoms. The van der Waals surface area contributed by atoms with E-state index in [1.54, 1.807) is 0 Å². The van der Waals surface area contributed by atoms with Gasteiger partial charge in [0.15, 0.2) is 0 Å². The Hall–Kier alpha value is -1.39. The summed E-state index contributed by atoms with van der Waals surface area (Å²) in [6, 6.07) is 8.84. The number of fused-ring (bicyclic) bond motifs is 1. The molecule has 124 valence electrons. The Bertz CT molecular complexity index is 597. The largest absolute Gasteiger partial charge is 0.386 e. The predicted octanol–water partition coefficient (Wildman–Crippen LogP) is 1.98. The molecular formula is C19H26N2O2. The third kappa shape index (κ3) is 2.68. The molecule has 1 amide bonds. The highest BCUT2D eigenvalue weighted by Crippen LogP contribution is 2.42. The Morgan fingerprint density at radius 1 is 1.17 bits per heavy atom. The second kappa shape index (κ2) is 5.32. The van der Waals surface area contributed by atoms with E-state index in [0.29, 0.717) is 23.8 Å². The van der Waals surface area contributed by atoms with Gasteiger partial charge in [0, 0.05) is 18.5 Å². The Labute approximate surface area is 137 Å². The van der Waals surface area contributed by atoms with Crippen LogP contribution in [0.25, 0.3) is 0 Å². The molecule has 4 rings (SSSR count). The smallest absolute Gasteiger partial charge is 0.240 e. The molecule has 2 heterocycles. The van der Waals surface area contributed by atoms with Gasteiger partial charge < -0.3 is 15.3 Å². The van der Waals surface area contributed by atoms with Crippen molar-refractivity contribution in [3.05, 3.63) is 35.4 Å². The Morgan fingerprint density at radius 2 is 1.87 bits per heavy atom. The van der Waals surface area contributed by atoms with Gasteiger partial charge in [-0.05, 0) is 56.7 Å². The highest BCUT2D eigenvalue weighted by molar-refractivity contribution is 5.84. The van der Waals surface area contributed by atoms with Crippen LogP contribution in [0.2, 0.25) is 0 Å². The lowest BCUT2D eigenvalue weighted by Crippen LogP contribution is -2.55. The molecule has 3 atom stereocenters. The minimum absolute atomic E-state index is 0.00306. The van der Waals surface area contributed by atoms with Gasteiger partial charge in [-0.25, -0.2) is 0 Å². The van der Waals surface area contributed by atoms with E-state index in [9.17, 15) is 9.90 Å². The molecule has 2 aliphatic heterocycles. The number of aliphatic hydroxyl groups is 1. The number of carbonyl (C=O) groups is 1. The van der Waals surface area contributed by atoms with E-state index in [0.717, 1.165) is 37.9 Å². The summed E-state index contributed by atoms with van der Waals surface area (Å²) in [7, 11) is 0. The summed E-state index contributed by atoms with van der Waals surface area (Å²) in [6.45, 7) is 5.42. The Morgan fingerprint density at radius 3 is 2.48 bits per heavy atom. The van der Waals surface area contributed by atoms with Gasteiger partial charge in [0.25, 0.3) is 0 Å². The zero-order valence-corrected chi connectivity index (χ0v) is 14.0. The van der Waals surface area contributed by atoms with E-state index >= 15 is 0 Å². The van der Waals surface area contributed by atoms with Crippen LogP contribution < -0.4 is 5.32 Å². The minimum Gasteiger partial charge on any atom is -0.386 e. The summed E-state index contributed by atoms with van der Waals surface area (Å²) in [4.78, 5) is 14.8. The van der Waals surface area contributed by atoms with E-state index < -0.39 is 5.60 Å². The van der Waals surface area contributed by atoms with Crippen LogP contribution in [0.1, 0.15) is 50.2 Å². The molecule has 1 aromatic carbocycles. The lowest BCUT2D eigenvalue weighted by molar-refractivity contribution is -0.138. The van der Waals surface area contributed by atoms with Crippen LogP contribution in [0.5, 0.6) is 0 Å². The molecule has 0 aromatic heterocycles. The molecule has 2 saturated heterocycles. The molecule has 1 saturated carbocycles. The first kappa shape index (κ1) is 15.2. The zero-order chi connectivity index (χ0) is 16.2. The van der Waals surface area contributed by atoms with Gasteiger partial charge in [0.1, 0.15) is 0 Å². The van der Waals surface area contributed by atoms with Crippen molar-refractivity contribution in [1.82, 2.24) is 10.2 Å². The molecular weight excluding hydrogens is 288 g/mol. The number of carbonyl (C=O) groups excluding carboxylic acids is 1. The SMILES string of the molecule is CC(C)(O)c1ccc(C2CN(C3CC3)C(=O)C3NCCC32)cc1. The topological polar surface area (TPSA) is 52.6 Å². The Balaban J connectivity index is 1.62. The van der Waals surface area contributed by atoms with Crippen LogP contribution in [0, 0.1) is 5.92 Å². The number of nitrogens with one attached hydrogen (secondary N) is 1. The fraction of sp³-hybridized carbons (Fsp3) is 0.632. The maximum absolute atomic E-state index is 12.7. The lowest BCUT2D eigenvalue weighted by Gasteiger charge is -2.41. The molecule has 4 heteroatoms. The maximum atomic E-state index is 12.7. The molecule has 1 aromatic rings. The van der Waals surface area contributed by atoms with Crippen molar-refractivity contribution in [1.29, 1.82) is 0 Å². The molecule has 2 N–H and O–H groups in total. The van der Waals surface area contributed by atoms with E-state index in [1.165, 1.54) is 5.56 Å². The average Bonchev–Trinajstić information content (AvgIpc) is 3.23. The van der Waals surface area contributed by atoms with Crippen LogP contribution in [0.15, 0.2) is 24.3 Å². The van der Waals surface area contributed by atoms with Crippen LogP contribution in [0.3, 0.4) is 0 Å². The normalized spacial score (nSPS) is 31.3. The number of hydrogen-bond acceptors (Lipinski definition) is 3. The standard InChI is InChI=1S/C19H26N2O2/c1-19(2,23)13-5-3-12(4-6-13)16-11-21(14-7-8-14)18(22)17-15(16)9-10-20-17/h3-6,14-17,20,23H,7-11H2,1-2H3. The van der Waals surface area contributed by atoms with Crippen LogP contribution >= 0.6 is 0 Å². The first-order valence-corrected chi connectivity index (χ1v) is 8.82. The number of rotatable bonds is 3. The van der Waals surface area contributed by atoms with Crippen LogP contribution in [-0.2, 0) is 10.4 Å². The van der Waals surface area contributed by atoms with Gasteiger partial charge in [0.05, 0.1) is 11.6 Å². The van der Waals surface area contributed by atoms with Crippen molar-refractivity contribution in [3.63, 3.8) is 0 Å². The number of piperidine rings is 1. The first-order chi connectivity index (χ1) is 10.9. The molecule has 3 unspecified atom stereocenters. The third-order valence-corrected chi connectivity index (χ3v) is 5.76. The third-order valence-electron chi connectivity index (χ3n) is 5.76. The van der Waals surface area contributed by atoms with Crippen LogP contribution in [0.4, 0.5) is 0 Å². The van der Waals surface area contributed by atoms with Gasteiger partial charge in [-0.1, -0.05) is 24.3 Å². The van der Waals surface area contributed by atoms with Gasteiger partial charge in [-0.2, -0.15) is 0 Å². The lowest BCUT2D eigenvalue weighted by atomic mass is 9.77. The molecule has 3 fully saturated rings. The van der Waals surface area contributed by atoms with E-state index in [1.807, 2.05) is 26.0 Å². The molecule has 4 nitrogen and oxygen atoms in total. The summed E-state index contributed by atoms with van der Waals surface area (Å²) in [5.41, 5.74) is 1.43. The van der Waals surface area contributed by atoms with E-state index in [4.69, 9.17) is 0 Å². The second-order valence-electron chi connectivity index (χ2n) is 7.89. The van der Waals surface area contributed by atoms with Gasteiger partial charge in [-0.3, -0.25) is 4.79 Å². The fourth-order valence-electron chi connectivity index (χ4n) is 4.25. The molecule has 3 aliphatic rings. The predicted molar refractivity (Wildman–Crippen MR) is 89.1 cm³/mol. The van der Waals surface area contributed by atoms with Crippen molar-refractivity contribution in [2.24, 2.45) is 5.92 Å². The Kier molecular flexibility index (Phi) is 3.50. The van der Waals surface area contributed by atoms with Crippen molar-refractivity contribution in [3.8, 4) is 0 Å². The first-order valence-electron chi connectivity index (χ1n) is 8.82. The van der Waals surface area contributed by atoms with E-state index in [-0.39, 0.29) is 6.04 Å². The van der Waals surface area contributed by atoms with Crippen molar-refractivity contribution >= 4 is 5.91 Å². The summed E-state index contributed by atoms with van der Waals surface area (Å²) in [5.74, 6) is 1.13. The second-order valence-corrected chi connectivity index (χ2v) is 7.89. The van der Waals surface area contributed by atoms with Crippen molar-refractivity contribution in [2.75, 3.05) is 13.1 Å². The summed E-state index contributed by atoms with van der Waals surface area (Å²) in [6.07, 6.45) is 3.40. The summed E-state index contributed by atoms with van der Waals surface area (Å²) >= 11 is 0. The van der Waals surface area contributed by atoms with Gasteiger partial charge in [0.2, 0.25) is 5.91 Å². The zero-order valence-electron chi connectivity index (χ0n) is 14.0. The fourth-order valence-corrected chi connectivity index (χ4v) is 4.25.